The molecule has 3 aromatic heterocycles. The Kier molecular flexibility index (Phi) is 7.82. The largest absolute Gasteiger partial charge is 0.504 e. The average molecular weight is 452 g/mol. The number of ether oxygens (including phenoxy) is 2. The van der Waals surface area contributed by atoms with Gasteiger partial charge in [0.05, 0.1) is 19.4 Å². The molecule has 0 spiro atoms. The molecule has 4 rings (SSSR count). The lowest BCUT2D eigenvalue weighted by Gasteiger charge is -2.02. The van der Waals surface area contributed by atoms with Gasteiger partial charge in [-0.1, -0.05) is 36.4 Å². The van der Waals surface area contributed by atoms with Gasteiger partial charge in [0, 0.05) is 11.8 Å². The molecule has 0 saturated carbocycles. The molecule has 4 aromatic rings. The van der Waals surface area contributed by atoms with Crippen molar-refractivity contribution < 1.29 is 24.2 Å². The van der Waals surface area contributed by atoms with E-state index in [1.165, 1.54) is 17.5 Å². The van der Waals surface area contributed by atoms with Gasteiger partial charge in [0.2, 0.25) is 0 Å². The molecule has 1 N–H and O–H groups in total. The Hall–Kier alpha value is -3.85. The quantitative estimate of drug-likeness (QED) is 0.442. The highest BCUT2D eigenvalue weighted by atomic mass is 32.1. The van der Waals surface area contributed by atoms with Crippen LogP contribution in [0, 0.1) is 0 Å². The number of aromatic hydroxyl groups is 1. The molecule has 0 aliphatic heterocycles. The van der Waals surface area contributed by atoms with Crippen LogP contribution in [0.5, 0.6) is 5.75 Å². The molecule has 9 heteroatoms. The number of esters is 2. The fourth-order valence-electron chi connectivity index (χ4n) is 2.63. The van der Waals surface area contributed by atoms with Crippen LogP contribution in [0.1, 0.15) is 34.8 Å². The van der Waals surface area contributed by atoms with E-state index >= 15 is 0 Å². The summed E-state index contributed by atoms with van der Waals surface area (Å²) < 4.78 is 10.1. The van der Waals surface area contributed by atoms with Crippen LogP contribution in [0.25, 0.3) is 20.8 Å². The second-order valence-electron chi connectivity index (χ2n) is 6.21. The van der Waals surface area contributed by atoms with E-state index < -0.39 is 5.97 Å². The predicted molar refractivity (Wildman–Crippen MR) is 121 cm³/mol. The highest BCUT2D eigenvalue weighted by Gasteiger charge is 2.19. The Bertz CT molecular complexity index is 1200. The van der Waals surface area contributed by atoms with Gasteiger partial charge >= 0.3 is 11.9 Å². The molecule has 1 aromatic carbocycles. The Balaban J connectivity index is 0.000000222. The standard InChI is InChI=1S/C15H12N2O3S.C8H9NO2/c1-2-20-15(19)11-12(18)13-10(8-16-11)17-14(21-13)9-6-4-3-5-7-9;1-2-11-8(10)7-5-3-4-6-9-7/h3-8,18H,2H2,1H3;3-6H,2H2,1H3. The molecule has 0 fully saturated rings. The van der Waals surface area contributed by atoms with Gasteiger partial charge < -0.3 is 14.6 Å². The zero-order valence-corrected chi connectivity index (χ0v) is 18.3. The van der Waals surface area contributed by atoms with Gasteiger partial charge in [0.1, 0.15) is 20.9 Å². The number of aromatic nitrogens is 3. The van der Waals surface area contributed by atoms with Crippen molar-refractivity contribution in [2.45, 2.75) is 13.8 Å². The summed E-state index contributed by atoms with van der Waals surface area (Å²) in [5.74, 6) is -1.18. The zero-order valence-electron chi connectivity index (χ0n) is 17.5. The molecule has 0 saturated heterocycles. The maximum atomic E-state index is 11.7. The van der Waals surface area contributed by atoms with Crippen molar-refractivity contribution in [2.75, 3.05) is 13.2 Å². The minimum absolute atomic E-state index is 0.0763. The van der Waals surface area contributed by atoms with Gasteiger partial charge in [-0.2, -0.15) is 0 Å². The molecule has 8 nitrogen and oxygen atoms in total. The molecular formula is C23H21N3O5S. The number of carbonyl (C=O) groups excluding carboxylic acids is 2. The van der Waals surface area contributed by atoms with Crippen LogP contribution in [-0.2, 0) is 9.47 Å². The summed E-state index contributed by atoms with van der Waals surface area (Å²) in [6, 6.07) is 14.8. The topological polar surface area (TPSA) is 112 Å². The Labute approximate surface area is 188 Å². The van der Waals surface area contributed by atoms with Gasteiger partial charge in [-0.3, -0.25) is 0 Å². The molecule has 0 atom stereocenters. The molecule has 0 bridgehead atoms. The van der Waals surface area contributed by atoms with Crippen LogP contribution in [0.3, 0.4) is 0 Å². The Morgan fingerprint density at radius 2 is 1.62 bits per heavy atom. The lowest BCUT2D eigenvalue weighted by Crippen LogP contribution is -2.07. The number of fused-ring (bicyclic) bond motifs is 1. The van der Waals surface area contributed by atoms with E-state index in [0.717, 1.165) is 10.6 Å². The van der Waals surface area contributed by atoms with E-state index in [1.54, 1.807) is 38.2 Å². The minimum atomic E-state index is -0.633. The van der Waals surface area contributed by atoms with Crippen LogP contribution >= 0.6 is 11.3 Å². The normalized spacial score (nSPS) is 10.2. The summed E-state index contributed by atoms with van der Waals surface area (Å²) in [6.07, 6.45) is 3.04. The van der Waals surface area contributed by atoms with Crippen LogP contribution in [-0.4, -0.2) is 45.2 Å². The van der Waals surface area contributed by atoms with Crippen molar-refractivity contribution in [3.8, 4) is 16.3 Å². The molecular weight excluding hydrogens is 430 g/mol. The molecule has 32 heavy (non-hydrogen) atoms. The maximum Gasteiger partial charge on any atom is 0.360 e. The third kappa shape index (κ3) is 5.44. The van der Waals surface area contributed by atoms with Crippen molar-refractivity contribution >= 4 is 33.5 Å². The van der Waals surface area contributed by atoms with E-state index in [4.69, 9.17) is 9.47 Å². The maximum absolute atomic E-state index is 11.7. The molecule has 0 aliphatic rings. The van der Waals surface area contributed by atoms with Crippen molar-refractivity contribution in [2.24, 2.45) is 0 Å². The summed E-state index contributed by atoms with van der Waals surface area (Å²) in [6.45, 7) is 4.08. The number of nitrogens with zero attached hydrogens (tertiary/aromatic N) is 3. The summed E-state index contributed by atoms with van der Waals surface area (Å²) in [7, 11) is 0. The van der Waals surface area contributed by atoms with Gasteiger partial charge in [-0.05, 0) is 26.0 Å². The number of carbonyl (C=O) groups is 2. The summed E-state index contributed by atoms with van der Waals surface area (Å²) in [5, 5.41) is 11.0. The SMILES string of the molecule is CCOC(=O)c1ccccn1.CCOC(=O)c1ncc2nc(-c3ccccc3)sc2c1O. The van der Waals surface area contributed by atoms with Gasteiger partial charge in [-0.25, -0.2) is 24.5 Å². The van der Waals surface area contributed by atoms with Crippen LogP contribution < -0.4 is 0 Å². The smallest absolute Gasteiger partial charge is 0.360 e. The second kappa shape index (κ2) is 11.0. The van der Waals surface area contributed by atoms with E-state index in [1.807, 2.05) is 30.3 Å². The lowest BCUT2D eigenvalue weighted by molar-refractivity contribution is 0.0508. The van der Waals surface area contributed by atoms with Gasteiger partial charge in [-0.15, -0.1) is 11.3 Å². The summed E-state index contributed by atoms with van der Waals surface area (Å²) >= 11 is 1.32. The number of rotatable bonds is 5. The lowest BCUT2D eigenvalue weighted by atomic mass is 10.2. The number of benzene rings is 1. The van der Waals surface area contributed by atoms with Crippen molar-refractivity contribution in [3.63, 3.8) is 0 Å². The van der Waals surface area contributed by atoms with E-state index in [0.29, 0.717) is 22.5 Å². The van der Waals surface area contributed by atoms with Crippen LogP contribution in [0.4, 0.5) is 0 Å². The first-order chi connectivity index (χ1) is 15.5. The monoisotopic (exact) mass is 451 g/mol. The predicted octanol–water partition coefficient (Wildman–Crippen LogP) is 4.50. The first-order valence-electron chi connectivity index (χ1n) is 9.84. The fraction of sp³-hybridized carbons (Fsp3) is 0.174. The average Bonchev–Trinajstić information content (AvgIpc) is 3.27. The van der Waals surface area contributed by atoms with Gasteiger partial charge in [0.25, 0.3) is 0 Å². The summed E-state index contributed by atoms with van der Waals surface area (Å²) in [5.41, 5.74) is 1.79. The molecule has 0 radical (unpaired) electrons. The second-order valence-corrected chi connectivity index (χ2v) is 7.21. The van der Waals surface area contributed by atoms with E-state index in [9.17, 15) is 14.7 Å². The van der Waals surface area contributed by atoms with E-state index in [2.05, 4.69) is 15.0 Å². The van der Waals surface area contributed by atoms with E-state index in [-0.39, 0.29) is 24.0 Å². The van der Waals surface area contributed by atoms with Crippen molar-refractivity contribution in [1.29, 1.82) is 0 Å². The first kappa shape index (κ1) is 22.8. The Morgan fingerprint density at radius 1 is 0.938 bits per heavy atom. The summed E-state index contributed by atoms with van der Waals surface area (Å²) in [4.78, 5) is 34.9. The number of hydrogen-bond acceptors (Lipinski definition) is 9. The third-order valence-electron chi connectivity index (χ3n) is 4.05. The molecule has 0 amide bonds. The fourth-order valence-corrected chi connectivity index (χ4v) is 3.61. The first-order valence-corrected chi connectivity index (χ1v) is 10.7. The number of pyridine rings is 2. The van der Waals surface area contributed by atoms with Crippen molar-refractivity contribution in [3.05, 3.63) is 72.3 Å². The highest BCUT2D eigenvalue weighted by molar-refractivity contribution is 7.22. The van der Waals surface area contributed by atoms with Crippen molar-refractivity contribution in [1.82, 2.24) is 15.0 Å². The minimum Gasteiger partial charge on any atom is -0.504 e. The number of thiazole rings is 1. The van der Waals surface area contributed by atoms with Gasteiger partial charge in [0.15, 0.2) is 11.4 Å². The molecule has 3 heterocycles. The molecule has 0 aliphatic carbocycles. The molecule has 164 valence electrons. The molecule has 0 unspecified atom stereocenters. The third-order valence-corrected chi connectivity index (χ3v) is 5.17. The van der Waals surface area contributed by atoms with Crippen LogP contribution in [0.15, 0.2) is 60.9 Å². The zero-order chi connectivity index (χ0) is 22.9. The highest BCUT2D eigenvalue weighted by Crippen LogP contribution is 2.36. The number of hydrogen-bond donors (Lipinski definition) is 1. The van der Waals surface area contributed by atoms with Crippen LogP contribution in [0.2, 0.25) is 0 Å². The Morgan fingerprint density at radius 3 is 2.28 bits per heavy atom.